The van der Waals surface area contributed by atoms with Crippen molar-refractivity contribution in [1.29, 1.82) is 0 Å². The fourth-order valence-electron chi connectivity index (χ4n) is 2.14. The van der Waals surface area contributed by atoms with Crippen molar-refractivity contribution in [3.8, 4) is 0 Å². The lowest BCUT2D eigenvalue weighted by Gasteiger charge is -2.13. The van der Waals surface area contributed by atoms with E-state index in [1.54, 1.807) is 0 Å². The van der Waals surface area contributed by atoms with Crippen molar-refractivity contribution in [1.82, 2.24) is 0 Å². The van der Waals surface area contributed by atoms with Gasteiger partial charge in [-0.25, -0.2) is 4.39 Å². The quantitative estimate of drug-likeness (QED) is 0.454. The molecule has 0 saturated heterocycles. The first kappa shape index (κ1) is 17.1. The number of rotatable bonds is 8. The third-order valence-electron chi connectivity index (χ3n) is 3.55. The van der Waals surface area contributed by atoms with Crippen molar-refractivity contribution in [3.05, 3.63) is 34.2 Å². The Morgan fingerprint density at radius 2 is 2.00 bits per heavy atom. The van der Waals surface area contributed by atoms with Gasteiger partial charge in [0, 0.05) is 17.8 Å². The van der Waals surface area contributed by atoms with Gasteiger partial charge in [0.1, 0.15) is 6.67 Å². The molecule has 112 valence electrons. The zero-order valence-corrected chi connectivity index (χ0v) is 13.7. The fraction of sp³-hybridized carbons (Fsp3) is 0.529. The van der Waals surface area contributed by atoms with Crippen LogP contribution in [0.2, 0.25) is 0 Å². The second-order valence-electron chi connectivity index (χ2n) is 5.06. The molecule has 3 heteroatoms. The summed E-state index contributed by atoms with van der Waals surface area (Å²) in [4.78, 5) is 1.05. The molecule has 1 aromatic rings. The van der Waals surface area contributed by atoms with Crippen LogP contribution in [0.3, 0.4) is 0 Å². The van der Waals surface area contributed by atoms with Crippen molar-refractivity contribution >= 4 is 23.9 Å². The second kappa shape index (κ2) is 9.06. The van der Waals surface area contributed by atoms with Gasteiger partial charge in [0.05, 0.1) is 0 Å². The minimum Gasteiger partial charge on any atom is -0.385 e. The second-order valence-corrected chi connectivity index (χ2v) is 5.60. The van der Waals surface area contributed by atoms with Gasteiger partial charge in [-0.3, -0.25) is 0 Å². The van der Waals surface area contributed by atoms with Crippen LogP contribution in [-0.4, -0.2) is 6.54 Å². The highest BCUT2D eigenvalue weighted by atomic mass is 32.1. The fourth-order valence-corrected chi connectivity index (χ4v) is 2.27. The van der Waals surface area contributed by atoms with Gasteiger partial charge in [0.2, 0.25) is 0 Å². The number of unbranched alkanes of at least 4 members (excludes halogenated alkanes) is 2. The molecule has 0 heterocycles. The zero-order valence-electron chi connectivity index (χ0n) is 12.8. The van der Waals surface area contributed by atoms with Crippen molar-refractivity contribution in [2.75, 3.05) is 11.9 Å². The van der Waals surface area contributed by atoms with E-state index in [0.717, 1.165) is 46.7 Å². The highest BCUT2D eigenvalue weighted by molar-refractivity contribution is 7.84. The summed E-state index contributed by atoms with van der Waals surface area (Å²) in [5.41, 5.74) is 3.83. The molecule has 0 unspecified atom stereocenters. The van der Waals surface area contributed by atoms with Crippen LogP contribution in [-0.2, 0) is 6.67 Å². The van der Waals surface area contributed by atoms with Gasteiger partial charge in [-0.05, 0) is 47.9 Å². The van der Waals surface area contributed by atoms with E-state index in [1.807, 2.05) is 25.1 Å². The van der Waals surface area contributed by atoms with E-state index < -0.39 is 6.67 Å². The monoisotopic (exact) mass is 295 g/mol. The number of halogens is 1. The van der Waals surface area contributed by atoms with Crippen LogP contribution in [0.25, 0.3) is 5.57 Å². The third-order valence-corrected chi connectivity index (χ3v) is 4.20. The van der Waals surface area contributed by atoms with E-state index in [2.05, 4.69) is 31.8 Å². The molecular formula is C17H26FNS. The highest BCUT2D eigenvalue weighted by Crippen LogP contribution is 2.27. The Morgan fingerprint density at radius 3 is 2.60 bits per heavy atom. The molecule has 0 amide bonds. The summed E-state index contributed by atoms with van der Waals surface area (Å²) in [5, 5.41) is 3.33. The number of allylic oxidation sites excluding steroid dienone is 2. The predicted octanol–water partition coefficient (Wildman–Crippen LogP) is 5.83. The van der Waals surface area contributed by atoms with E-state index in [4.69, 9.17) is 0 Å². The molecular weight excluding hydrogens is 269 g/mol. The number of hydrogen-bond donors (Lipinski definition) is 2. The van der Waals surface area contributed by atoms with E-state index in [9.17, 15) is 4.39 Å². The lowest BCUT2D eigenvalue weighted by atomic mass is 10.0. The van der Waals surface area contributed by atoms with Gasteiger partial charge in [-0.15, -0.1) is 12.6 Å². The summed E-state index contributed by atoms with van der Waals surface area (Å²) in [6.45, 7) is 6.76. The molecule has 0 atom stereocenters. The molecule has 0 aliphatic rings. The Balaban J connectivity index is 2.85. The molecule has 0 fully saturated rings. The lowest BCUT2D eigenvalue weighted by molar-refractivity contribution is 0.486. The van der Waals surface area contributed by atoms with Crippen molar-refractivity contribution in [2.24, 2.45) is 0 Å². The van der Waals surface area contributed by atoms with Crippen LogP contribution in [0.5, 0.6) is 0 Å². The average molecular weight is 295 g/mol. The van der Waals surface area contributed by atoms with Gasteiger partial charge in [0.15, 0.2) is 0 Å². The summed E-state index contributed by atoms with van der Waals surface area (Å²) >= 11 is 4.48. The minimum atomic E-state index is -0.439. The highest BCUT2D eigenvalue weighted by Gasteiger charge is 2.06. The first-order chi connectivity index (χ1) is 9.63. The van der Waals surface area contributed by atoms with Crippen molar-refractivity contribution < 1.29 is 4.39 Å². The number of benzene rings is 1. The largest absolute Gasteiger partial charge is 0.385 e. The summed E-state index contributed by atoms with van der Waals surface area (Å²) < 4.78 is 13.2. The van der Waals surface area contributed by atoms with Crippen LogP contribution < -0.4 is 5.32 Å². The topological polar surface area (TPSA) is 12.0 Å². The van der Waals surface area contributed by atoms with E-state index in [1.165, 1.54) is 12.8 Å². The predicted molar refractivity (Wildman–Crippen MR) is 91.1 cm³/mol. The Kier molecular flexibility index (Phi) is 7.75. The standard InChI is InChI=1S/C17H26FNS/c1-4-6-7-10-19-16-9-8-14(11-15(16)12-18)13(3)17(20)5-2/h8-9,11,19-20H,4-7,10,12H2,1-3H3/b17-13+. The third kappa shape index (κ3) is 4.86. The molecule has 0 aliphatic heterocycles. The van der Waals surface area contributed by atoms with Gasteiger partial charge in [-0.1, -0.05) is 32.8 Å². The molecule has 0 radical (unpaired) electrons. The van der Waals surface area contributed by atoms with Gasteiger partial charge in [0.25, 0.3) is 0 Å². The molecule has 0 aromatic heterocycles. The summed E-state index contributed by atoms with van der Waals surface area (Å²) in [7, 11) is 0. The molecule has 0 aliphatic carbocycles. The molecule has 0 spiro atoms. The molecule has 0 saturated carbocycles. The number of anilines is 1. The van der Waals surface area contributed by atoms with E-state index in [-0.39, 0.29) is 0 Å². The average Bonchev–Trinajstić information content (AvgIpc) is 2.50. The Bertz CT molecular complexity index is 454. The molecule has 1 N–H and O–H groups in total. The van der Waals surface area contributed by atoms with Gasteiger partial charge >= 0.3 is 0 Å². The first-order valence-electron chi connectivity index (χ1n) is 7.45. The Hall–Kier alpha value is -0.960. The maximum atomic E-state index is 13.2. The Morgan fingerprint density at radius 1 is 1.25 bits per heavy atom. The normalized spacial score (nSPS) is 12.2. The van der Waals surface area contributed by atoms with Gasteiger partial charge in [-0.2, -0.15) is 0 Å². The van der Waals surface area contributed by atoms with Gasteiger partial charge < -0.3 is 5.32 Å². The molecule has 1 nitrogen and oxygen atoms in total. The maximum absolute atomic E-state index is 13.2. The zero-order chi connectivity index (χ0) is 15.0. The van der Waals surface area contributed by atoms with Crippen LogP contribution in [0.4, 0.5) is 10.1 Å². The molecule has 1 rings (SSSR count). The number of nitrogens with one attached hydrogen (secondary N) is 1. The Labute approximate surface area is 128 Å². The lowest BCUT2D eigenvalue weighted by Crippen LogP contribution is -2.04. The number of hydrogen-bond acceptors (Lipinski definition) is 2. The SMILES string of the molecule is CCCCCNc1ccc(/C(C)=C(/S)CC)cc1CF. The number of alkyl halides is 1. The smallest absolute Gasteiger partial charge is 0.117 e. The summed E-state index contributed by atoms with van der Waals surface area (Å²) in [6, 6.07) is 5.96. The van der Waals surface area contributed by atoms with Crippen LogP contribution >= 0.6 is 12.6 Å². The molecule has 20 heavy (non-hydrogen) atoms. The maximum Gasteiger partial charge on any atom is 0.117 e. The van der Waals surface area contributed by atoms with Crippen LogP contribution in [0.15, 0.2) is 23.1 Å². The van der Waals surface area contributed by atoms with Crippen molar-refractivity contribution in [3.63, 3.8) is 0 Å². The van der Waals surface area contributed by atoms with Crippen LogP contribution in [0.1, 0.15) is 57.6 Å². The van der Waals surface area contributed by atoms with E-state index in [0.29, 0.717) is 0 Å². The van der Waals surface area contributed by atoms with Crippen LogP contribution in [0, 0.1) is 0 Å². The van der Waals surface area contributed by atoms with Crippen molar-refractivity contribution in [2.45, 2.75) is 53.1 Å². The van der Waals surface area contributed by atoms with E-state index >= 15 is 0 Å². The first-order valence-corrected chi connectivity index (χ1v) is 7.90. The molecule has 1 aromatic carbocycles. The number of thiol groups is 1. The molecule has 0 bridgehead atoms. The minimum absolute atomic E-state index is 0.439. The summed E-state index contributed by atoms with van der Waals surface area (Å²) in [5.74, 6) is 0. The summed E-state index contributed by atoms with van der Waals surface area (Å²) in [6.07, 6.45) is 4.43.